The van der Waals surface area contributed by atoms with Gasteiger partial charge in [0.15, 0.2) is 0 Å². The van der Waals surface area contributed by atoms with E-state index in [1.54, 1.807) is 38.3 Å². The number of nitrogens with one attached hydrogen (secondary N) is 1. The monoisotopic (exact) mass is 283 g/mol. The number of hydrogen-bond acceptors (Lipinski definition) is 4. The van der Waals surface area contributed by atoms with Crippen LogP contribution in [-0.2, 0) is 20.9 Å². The predicted octanol–water partition coefficient (Wildman–Crippen LogP) is 1.60. The second-order valence-corrected chi connectivity index (χ2v) is 4.25. The SMILES string of the molecule is CCOC(=O)[C@@](C)(F)C(=O)NCc1ccc(OC)cc1. The highest BCUT2D eigenvalue weighted by Gasteiger charge is 2.42. The molecule has 20 heavy (non-hydrogen) atoms. The van der Waals surface area contributed by atoms with E-state index in [9.17, 15) is 14.0 Å². The van der Waals surface area contributed by atoms with E-state index in [2.05, 4.69) is 10.1 Å². The van der Waals surface area contributed by atoms with Gasteiger partial charge in [0, 0.05) is 6.54 Å². The van der Waals surface area contributed by atoms with Crippen LogP contribution in [0, 0.1) is 0 Å². The Hall–Kier alpha value is -2.11. The Bertz CT molecular complexity index is 471. The van der Waals surface area contributed by atoms with Crippen LogP contribution in [0.3, 0.4) is 0 Å². The summed E-state index contributed by atoms with van der Waals surface area (Å²) in [5, 5.41) is 2.36. The molecule has 1 N–H and O–H groups in total. The van der Waals surface area contributed by atoms with Crippen molar-refractivity contribution in [3.63, 3.8) is 0 Å². The van der Waals surface area contributed by atoms with Crippen LogP contribution in [0.1, 0.15) is 19.4 Å². The molecular weight excluding hydrogens is 265 g/mol. The number of benzene rings is 1. The van der Waals surface area contributed by atoms with Gasteiger partial charge < -0.3 is 14.8 Å². The summed E-state index contributed by atoms with van der Waals surface area (Å²) in [7, 11) is 1.55. The number of amides is 1. The third kappa shape index (κ3) is 3.94. The van der Waals surface area contributed by atoms with Crippen LogP contribution in [0.15, 0.2) is 24.3 Å². The van der Waals surface area contributed by atoms with Crippen molar-refractivity contribution in [1.82, 2.24) is 5.32 Å². The van der Waals surface area contributed by atoms with Gasteiger partial charge >= 0.3 is 5.97 Å². The molecule has 0 saturated heterocycles. The summed E-state index contributed by atoms with van der Waals surface area (Å²) < 4.78 is 23.5. The summed E-state index contributed by atoms with van der Waals surface area (Å²) in [6.07, 6.45) is 0. The van der Waals surface area contributed by atoms with E-state index in [1.807, 2.05) is 0 Å². The average Bonchev–Trinajstić information content (AvgIpc) is 2.45. The molecule has 0 unspecified atom stereocenters. The number of methoxy groups -OCH3 is 1. The van der Waals surface area contributed by atoms with Crippen LogP contribution >= 0.6 is 0 Å². The highest BCUT2D eigenvalue weighted by Crippen LogP contribution is 2.14. The molecule has 1 rings (SSSR count). The van der Waals surface area contributed by atoms with E-state index in [0.29, 0.717) is 5.75 Å². The van der Waals surface area contributed by atoms with Crippen molar-refractivity contribution in [1.29, 1.82) is 0 Å². The van der Waals surface area contributed by atoms with Gasteiger partial charge in [-0.1, -0.05) is 12.1 Å². The van der Waals surface area contributed by atoms with Gasteiger partial charge in [0.2, 0.25) is 0 Å². The summed E-state index contributed by atoms with van der Waals surface area (Å²) in [6, 6.07) is 6.92. The molecule has 0 aromatic heterocycles. The molecular formula is C14H18FNO4. The number of halogens is 1. The molecule has 0 heterocycles. The number of carbonyl (C=O) groups is 2. The van der Waals surface area contributed by atoms with E-state index < -0.39 is 17.5 Å². The standard InChI is InChI=1S/C14H18FNO4/c1-4-20-13(18)14(2,15)12(17)16-9-10-5-7-11(19-3)8-6-10/h5-8H,4,9H2,1-3H3,(H,16,17)/t14-/m0/s1. The van der Waals surface area contributed by atoms with Gasteiger partial charge in [0.1, 0.15) is 5.75 Å². The molecule has 0 bridgehead atoms. The number of rotatable bonds is 6. The van der Waals surface area contributed by atoms with E-state index in [4.69, 9.17) is 4.74 Å². The fraction of sp³-hybridized carbons (Fsp3) is 0.429. The molecule has 0 spiro atoms. The van der Waals surface area contributed by atoms with Gasteiger partial charge in [-0.25, -0.2) is 9.18 Å². The Labute approximate surface area is 117 Å². The Balaban J connectivity index is 2.59. The average molecular weight is 283 g/mol. The first-order valence-electron chi connectivity index (χ1n) is 6.19. The van der Waals surface area contributed by atoms with Crippen molar-refractivity contribution >= 4 is 11.9 Å². The van der Waals surface area contributed by atoms with Crippen LogP contribution in [0.2, 0.25) is 0 Å². The summed E-state index contributed by atoms with van der Waals surface area (Å²) >= 11 is 0. The highest BCUT2D eigenvalue weighted by atomic mass is 19.1. The lowest BCUT2D eigenvalue weighted by atomic mass is 10.1. The molecule has 0 aliphatic heterocycles. The smallest absolute Gasteiger partial charge is 0.353 e. The maximum atomic E-state index is 14.0. The topological polar surface area (TPSA) is 64.6 Å². The maximum Gasteiger partial charge on any atom is 0.353 e. The molecule has 1 atom stereocenters. The molecule has 0 saturated carbocycles. The molecule has 5 nitrogen and oxygen atoms in total. The van der Waals surface area contributed by atoms with Crippen molar-refractivity contribution in [2.75, 3.05) is 13.7 Å². The quantitative estimate of drug-likeness (QED) is 0.636. The summed E-state index contributed by atoms with van der Waals surface area (Å²) in [5.41, 5.74) is -1.93. The highest BCUT2D eigenvalue weighted by molar-refractivity contribution is 6.05. The maximum absolute atomic E-state index is 14.0. The van der Waals surface area contributed by atoms with Crippen molar-refractivity contribution in [2.45, 2.75) is 26.1 Å². The molecule has 110 valence electrons. The third-order valence-electron chi connectivity index (χ3n) is 2.70. The minimum absolute atomic E-state index is 0.0180. The third-order valence-corrected chi connectivity index (χ3v) is 2.70. The molecule has 0 aliphatic rings. The first kappa shape index (κ1) is 15.9. The fourth-order valence-corrected chi connectivity index (χ4v) is 1.45. The Morgan fingerprint density at radius 3 is 2.40 bits per heavy atom. The zero-order chi connectivity index (χ0) is 15.2. The van der Waals surface area contributed by atoms with Crippen LogP contribution in [0.25, 0.3) is 0 Å². The first-order valence-corrected chi connectivity index (χ1v) is 6.19. The van der Waals surface area contributed by atoms with Gasteiger partial charge in [0.25, 0.3) is 11.6 Å². The lowest BCUT2D eigenvalue weighted by Gasteiger charge is -2.17. The molecule has 0 fully saturated rings. The van der Waals surface area contributed by atoms with Gasteiger partial charge in [-0.2, -0.15) is 0 Å². The number of alkyl halides is 1. The van der Waals surface area contributed by atoms with E-state index in [0.717, 1.165) is 12.5 Å². The summed E-state index contributed by atoms with van der Waals surface area (Å²) in [5.74, 6) is -1.53. The Kier molecular flexibility index (Phi) is 5.49. The number of hydrogen-bond donors (Lipinski definition) is 1. The molecule has 6 heteroatoms. The van der Waals surface area contributed by atoms with E-state index in [-0.39, 0.29) is 13.2 Å². The number of carbonyl (C=O) groups excluding carboxylic acids is 2. The predicted molar refractivity (Wildman–Crippen MR) is 71.0 cm³/mol. The summed E-state index contributed by atoms with van der Waals surface area (Å²) in [6.45, 7) is 2.56. The summed E-state index contributed by atoms with van der Waals surface area (Å²) in [4.78, 5) is 23.0. The normalized spacial score (nSPS) is 13.2. The van der Waals surface area contributed by atoms with Gasteiger partial charge in [0.05, 0.1) is 13.7 Å². The Morgan fingerprint density at radius 1 is 1.30 bits per heavy atom. The van der Waals surface area contributed by atoms with Crippen molar-refractivity contribution in [2.24, 2.45) is 0 Å². The van der Waals surface area contributed by atoms with Crippen molar-refractivity contribution in [3.05, 3.63) is 29.8 Å². The zero-order valence-corrected chi connectivity index (χ0v) is 11.7. The van der Waals surface area contributed by atoms with Gasteiger partial charge in [-0.3, -0.25) is 4.79 Å². The van der Waals surface area contributed by atoms with Crippen LogP contribution in [-0.4, -0.2) is 31.3 Å². The minimum atomic E-state index is -2.69. The van der Waals surface area contributed by atoms with Gasteiger partial charge in [-0.05, 0) is 31.5 Å². The number of esters is 1. The number of ether oxygens (including phenoxy) is 2. The Morgan fingerprint density at radius 2 is 1.90 bits per heavy atom. The lowest BCUT2D eigenvalue weighted by molar-refractivity contribution is -0.161. The first-order chi connectivity index (χ1) is 9.41. The second kappa shape index (κ2) is 6.88. The second-order valence-electron chi connectivity index (χ2n) is 4.25. The van der Waals surface area contributed by atoms with Gasteiger partial charge in [-0.15, -0.1) is 0 Å². The zero-order valence-electron chi connectivity index (χ0n) is 11.7. The minimum Gasteiger partial charge on any atom is -0.497 e. The molecule has 1 amide bonds. The van der Waals surface area contributed by atoms with E-state index >= 15 is 0 Å². The molecule has 0 radical (unpaired) electrons. The van der Waals surface area contributed by atoms with Crippen LogP contribution in [0.4, 0.5) is 4.39 Å². The van der Waals surface area contributed by atoms with Crippen molar-refractivity contribution in [3.8, 4) is 5.75 Å². The molecule has 1 aromatic carbocycles. The molecule has 1 aromatic rings. The lowest BCUT2D eigenvalue weighted by Crippen LogP contribution is -2.47. The van der Waals surface area contributed by atoms with Crippen LogP contribution < -0.4 is 10.1 Å². The molecule has 0 aliphatic carbocycles. The van der Waals surface area contributed by atoms with E-state index in [1.165, 1.54) is 0 Å². The van der Waals surface area contributed by atoms with Crippen molar-refractivity contribution < 1.29 is 23.5 Å². The van der Waals surface area contributed by atoms with Crippen LogP contribution in [0.5, 0.6) is 5.75 Å². The largest absolute Gasteiger partial charge is 0.497 e. The fourth-order valence-electron chi connectivity index (χ4n) is 1.45.